The first kappa shape index (κ1) is 9.97. The van der Waals surface area contributed by atoms with Gasteiger partial charge in [0.25, 0.3) is 5.69 Å². The molecule has 0 fully saturated rings. The number of anilines is 1. The summed E-state index contributed by atoms with van der Waals surface area (Å²) in [6.45, 7) is 0. The van der Waals surface area contributed by atoms with E-state index in [0.717, 1.165) is 0 Å². The maximum atomic E-state index is 11.3. The summed E-state index contributed by atoms with van der Waals surface area (Å²) in [6.07, 6.45) is 0. The minimum absolute atomic E-state index is 0.0210. The second-order valence-corrected chi connectivity index (χ2v) is 3.05. The number of nitro groups is 1. The van der Waals surface area contributed by atoms with Crippen LogP contribution in [0.25, 0.3) is 11.1 Å². The molecule has 0 saturated carbocycles. The van der Waals surface area contributed by atoms with Crippen molar-refractivity contribution in [2.24, 2.45) is 0 Å². The van der Waals surface area contributed by atoms with Crippen LogP contribution in [-0.2, 0) is 0 Å². The van der Waals surface area contributed by atoms with E-state index in [0.29, 0.717) is 0 Å². The van der Waals surface area contributed by atoms with Crippen LogP contribution in [0.2, 0.25) is 0 Å². The molecule has 0 bridgehead atoms. The summed E-state index contributed by atoms with van der Waals surface area (Å²) in [7, 11) is 0. The molecule has 1 heterocycles. The van der Waals surface area contributed by atoms with E-state index in [2.05, 4.69) is 9.68 Å². The topological polar surface area (TPSA) is 115 Å². The molecule has 0 aliphatic carbocycles. The number of H-pyrrole nitrogens is 1. The van der Waals surface area contributed by atoms with Gasteiger partial charge in [-0.2, -0.15) is 0 Å². The molecule has 0 aliphatic heterocycles. The Balaban J connectivity index is 2.74. The lowest BCUT2D eigenvalue weighted by Gasteiger charge is -1.98. The number of benzene rings is 1. The number of nitrogen functional groups attached to an aromatic ring is 1. The Bertz CT molecular complexity index is 599. The van der Waals surface area contributed by atoms with Gasteiger partial charge >= 0.3 is 5.63 Å². The molecule has 2 aromatic rings. The van der Waals surface area contributed by atoms with Gasteiger partial charge in [0.1, 0.15) is 11.4 Å². The van der Waals surface area contributed by atoms with Gasteiger partial charge in [-0.1, -0.05) is 12.1 Å². The van der Waals surface area contributed by atoms with Crippen LogP contribution < -0.4 is 11.4 Å². The number of aromatic nitrogens is 1. The SMILES string of the molecule is Nc1[nH]oc(=O)c1-c1ccccc1[N+](=O)[O-]. The Kier molecular flexibility index (Phi) is 2.20. The quantitative estimate of drug-likeness (QED) is 0.582. The van der Waals surface area contributed by atoms with Gasteiger partial charge in [0.2, 0.25) is 0 Å². The minimum atomic E-state index is -0.730. The molecule has 0 aliphatic rings. The van der Waals surface area contributed by atoms with Crippen molar-refractivity contribution < 1.29 is 9.45 Å². The van der Waals surface area contributed by atoms with Crippen molar-refractivity contribution in [3.05, 3.63) is 44.8 Å². The van der Waals surface area contributed by atoms with Crippen molar-refractivity contribution in [3.8, 4) is 11.1 Å². The molecule has 2 rings (SSSR count). The smallest absolute Gasteiger partial charge is 0.367 e. The van der Waals surface area contributed by atoms with Crippen LogP contribution in [-0.4, -0.2) is 10.1 Å². The van der Waals surface area contributed by atoms with E-state index in [4.69, 9.17) is 5.73 Å². The van der Waals surface area contributed by atoms with Crippen LogP contribution >= 0.6 is 0 Å². The van der Waals surface area contributed by atoms with Gasteiger partial charge in [0.15, 0.2) is 0 Å². The lowest BCUT2D eigenvalue weighted by molar-refractivity contribution is -0.384. The third kappa shape index (κ3) is 1.44. The maximum Gasteiger partial charge on any atom is 0.367 e. The third-order valence-corrected chi connectivity index (χ3v) is 2.10. The fraction of sp³-hybridized carbons (Fsp3) is 0. The van der Waals surface area contributed by atoms with Crippen LogP contribution in [0, 0.1) is 10.1 Å². The molecule has 7 nitrogen and oxygen atoms in total. The van der Waals surface area contributed by atoms with Crippen molar-refractivity contribution in [1.82, 2.24) is 5.16 Å². The van der Waals surface area contributed by atoms with E-state index in [1.165, 1.54) is 18.2 Å². The summed E-state index contributed by atoms with van der Waals surface area (Å²) < 4.78 is 4.46. The van der Waals surface area contributed by atoms with Crippen molar-refractivity contribution >= 4 is 11.5 Å². The molecule has 82 valence electrons. The number of hydrogen-bond donors (Lipinski definition) is 2. The van der Waals surface area contributed by atoms with E-state index in [9.17, 15) is 14.9 Å². The molecule has 1 aromatic carbocycles. The average molecular weight is 221 g/mol. The van der Waals surface area contributed by atoms with E-state index in [1.54, 1.807) is 6.07 Å². The standard InChI is InChI=1S/C9H7N3O4/c10-8-7(9(13)16-11-8)5-3-1-2-4-6(5)12(14)15/h1-4,11H,10H2. The van der Waals surface area contributed by atoms with Crippen LogP contribution in [0.5, 0.6) is 0 Å². The molecular weight excluding hydrogens is 214 g/mol. The van der Waals surface area contributed by atoms with E-state index in [1.807, 2.05) is 0 Å². The highest BCUT2D eigenvalue weighted by Crippen LogP contribution is 2.29. The largest absolute Gasteiger partial charge is 0.382 e. The number of nitro benzene ring substituents is 1. The van der Waals surface area contributed by atoms with Crippen molar-refractivity contribution in [3.63, 3.8) is 0 Å². The Labute approximate surface area is 88.6 Å². The molecular formula is C9H7N3O4. The average Bonchev–Trinajstić information content (AvgIpc) is 2.58. The number of para-hydroxylation sites is 1. The molecule has 0 spiro atoms. The van der Waals surface area contributed by atoms with Gasteiger partial charge in [0.05, 0.1) is 10.5 Å². The molecule has 1 aromatic heterocycles. The Morgan fingerprint density at radius 2 is 2.06 bits per heavy atom. The Hall–Kier alpha value is -2.57. The summed E-state index contributed by atoms with van der Waals surface area (Å²) in [5, 5.41) is 12.9. The number of hydrogen-bond acceptors (Lipinski definition) is 5. The highest BCUT2D eigenvalue weighted by atomic mass is 16.6. The van der Waals surface area contributed by atoms with E-state index in [-0.39, 0.29) is 22.6 Å². The Morgan fingerprint density at radius 1 is 1.38 bits per heavy atom. The fourth-order valence-corrected chi connectivity index (χ4v) is 1.41. The molecule has 3 N–H and O–H groups in total. The monoisotopic (exact) mass is 221 g/mol. The van der Waals surface area contributed by atoms with E-state index < -0.39 is 10.5 Å². The predicted octanol–water partition coefficient (Wildman–Crippen LogP) is 1.13. The van der Waals surface area contributed by atoms with E-state index >= 15 is 0 Å². The predicted molar refractivity (Wildman–Crippen MR) is 55.8 cm³/mol. The molecule has 0 amide bonds. The number of nitrogens with one attached hydrogen (secondary N) is 1. The first-order chi connectivity index (χ1) is 7.61. The molecule has 0 saturated heterocycles. The first-order valence-electron chi connectivity index (χ1n) is 4.32. The highest BCUT2D eigenvalue weighted by Gasteiger charge is 2.21. The third-order valence-electron chi connectivity index (χ3n) is 2.10. The lowest BCUT2D eigenvalue weighted by Crippen LogP contribution is -2.01. The zero-order chi connectivity index (χ0) is 11.7. The second-order valence-electron chi connectivity index (χ2n) is 3.05. The number of aromatic amines is 1. The lowest BCUT2D eigenvalue weighted by atomic mass is 10.1. The summed E-state index contributed by atoms with van der Waals surface area (Å²) in [5.74, 6) is -0.0284. The van der Waals surface area contributed by atoms with Gasteiger partial charge in [-0.05, 0) is 6.07 Å². The first-order valence-corrected chi connectivity index (χ1v) is 4.32. The molecule has 0 atom stereocenters. The van der Waals surface area contributed by atoms with Crippen molar-refractivity contribution in [2.75, 3.05) is 5.73 Å². The van der Waals surface area contributed by atoms with Crippen LogP contribution in [0.1, 0.15) is 0 Å². The fourth-order valence-electron chi connectivity index (χ4n) is 1.41. The molecule has 0 radical (unpaired) electrons. The molecule has 7 heteroatoms. The maximum absolute atomic E-state index is 11.3. The highest BCUT2D eigenvalue weighted by molar-refractivity contribution is 5.79. The summed E-state index contributed by atoms with van der Waals surface area (Å²) in [4.78, 5) is 21.5. The van der Waals surface area contributed by atoms with Gasteiger partial charge < -0.3 is 10.3 Å². The summed E-state index contributed by atoms with van der Waals surface area (Å²) in [6, 6.07) is 5.82. The minimum Gasteiger partial charge on any atom is -0.382 e. The Morgan fingerprint density at radius 3 is 2.62 bits per heavy atom. The number of nitrogens with two attached hydrogens (primary N) is 1. The van der Waals surface area contributed by atoms with Gasteiger partial charge in [0, 0.05) is 6.07 Å². The zero-order valence-corrected chi connectivity index (χ0v) is 7.97. The number of nitrogens with zero attached hydrogens (tertiary/aromatic N) is 1. The summed E-state index contributed by atoms with van der Waals surface area (Å²) in [5.41, 5.74) is 4.67. The molecule has 0 unspecified atom stereocenters. The van der Waals surface area contributed by atoms with Gasteiger partial charge in [-0.3, -0.25) is 10.1 Å². The zero-order valence-electron chi connectivity index (χ0n) is 7.97. The van der Waals surface area contributed by atoms with Crippen LogP contribution in [0.15, 0.2) is 33.6 Å². The number of rotatable bonds is 2. The molecule has 16 heavy (non-hydrogen) atoms. The second kappa shape index (κ2) is 3.54. The van der Waals surface area contributed by atoms with Crippen molar-refractivity contribution in [1.29, 1.82) is 0 Å². The summed E-state index contributed by atoms with van der Waals surface area (Å²) >= 11 is 0. The van der Waals surface area contributed by atoms with Crippen LogP contribution in [0.3, 0.4) is 0 Å². The van der Waals surface area contributed by atoms with Crippen molar-refractivity contribution in [2.45, 2.75) is 0 Å². The normalized spacial score (nSPS) is 10.2. The van der Waals surface area contributed by atoms with Gasteiger partial charge in [-0.15, -0.1) is 0 Å². The van der Waals surface area contributed by atoms with Crippen LogP contribution in [0.4, 0.5) is 11.5 Å². The van der Waals surface area contributed by atoms with Gasteiger partial charge in [-0.25, -0.2) is 9.95 Å².